The minimum atomic E-state index is 0.787. The van der Waals surface area contributed by atoms with Crippen LogP contribution in [0.15, 0.2) is 10.1 Å². The summed E-state index contributed by atoms with van der Waals surface area (Å²) in [5.74, 6) is 3.43. The van der Waals surface area contributed by atoms with Gasteiger partial charge < -0.3 is 0 Å². The van der Waals surface area contributed by atoms with Crippen molar-refractivity contribution in [2.75, 3.05) is 11.5 Å². The third-order valence-electron chi connectivity index (χ3n) is 2.12. The maximum absolute atomic E-state index is 4.22. The van der Waals surface area contributed by atoms with Crippen LogP contribution >= 0.6 is 39.0 Å². The van der Waals surface area contributed by atoms with E-state index >= 15 is 0 Å². The molecule has 1 aliphatic rings. The highest BCUT2D eigenvalue weighted by molar-refractivity contribution is 9.11. The fraction of sp³-hybridized carbons (Fsp3) is 0.625. The lowest BCUT2D eigenvalue weighted by atomic mass is 10.0. The third-order valence-corrected chi connectivity index (χ3v) is 4.81. The fourth-order valence-electron chi connectivity index (χ4n) is 1.44. The molecule has 2 heterocycles. The second kappa shape index (κ2) is 4.11. The normalized spacial score (nSPS) is 19.8. The Morgan fingerprint density at radius 3 is 2.75 bits per heavy atom. The number of aromatic nitrogens is 1. The van der Waals surface area contributed by atoms with Crippen LogP contribution in [0.4, 0.5) is 0 Å². The maximum atomic E-state index is 4.22. The molecule has 66 valence electrons. The van der Waals surface area contributed by atoms with Crippen molar-refractivity contribution in [3.05, 3.63) is 15.0 Å². The summed E-state index contributed by atoms with van der Waals surface area (Å²) in [7, 11) is 0. The van der Waals surface area contributed by atoms with Crippen LogP contribution in [0.5, 0.6) is 0 Å². The van der Waals surface area contributed by atoms with Crippen LogP contribution in [0.1, 0.15) is 23.6 Å². The van der Waals surface area contributed by atoms with Crippen molar-refractivity contribution >= 4 is 39.0 Å². The largest absolute Gasteiger partial charge is 0.237 e. The molecule has 0 unspecified atom stereocenters. The van der Waals surface area contributed by atoms with Gasteiger partial charge >= 0.3 is 0 Å². The molecule has 4 heteroatoms. The Balaban J connectivity index is 2.08. The lowest BCUT2D eigenvalue weighted by Gasteiger charge is -2.19. The molecule has 0 bridgehead atoms. The van der Waals surface area contributed by atoms with Crippen LogP contribution in [-0.2, 0) is 0 Å². The summed E-state index contributed by atoms with van der Waals surface area (Å²) < 4.78 is 1.02. The van der Waals surface area contributed by atoms with Gasteiger partial charge in [-0.3, -0.25) is 0 Å². The van der Waals surface area contributed by atoms with Gasteiger partial charge in [0, 0.05) is 11.1 Å². The number of hydrogen-bond acceptors (Lipinski definition) is 3. The number of thiazole rings is 1. The Morgan fingerprint density at radius 2 is 2.17 bits per heavy atom. The predicted octanol–water partition coefficient (Wildman–Crippen LogP) is 3.52. The van der Waals surface area contributed by atoms with Crippen LogP contribution in [-0.4, -0.2) is 16.5 Å². The van der Waals surface area contributed by atoms with Crippen LogP contribution in [0.2, 0.25) is 0 Å². The van der Waals surface area contributed by atoms with Gasteiger partial charge in [-0.25, -0.2) is 4.98 Å². The van der Waals surface area contributed by atoms with Crippen molar-refractivity contribution in [3.63, 3.8) is 0 Å². The summed E-state index contributed by atoms with van der Waals surface area (Å²) in [5, 5.41) is 0. The van der Waals surface area contributed by atoms with Crippen LogP contribution in [0.3, 0.4) is 0 Å². The molecular weight excluding hydrogens is 254 g/mol. The van der Waals surface area contributed by atoms with Crippen molar-refractivity contribution in [1.29, 1.82) is 0 Å². The van der Waals surface area contributed by atoms with Crippen molar-refractivity contribution in [2.24, 2.45) is 0 Å². The molecule has 12 heavy (non-hydrogen) atoms. The summed E-state index contributed by atoms with van der Waals surface area (Å²) in [5.41, 5.74) is 0. The zero-order valence-corrected chi connectivity index (χ0v) is 9.84. The molecule has 1 aliphatic heterocycles. The van der Waals surface area contributed by atoms with Gasteiger partial charge in [0.25, 0.3) is 0 Å². The lowest BCUT2D eigenvalue weighted by molar-refractivity contribution is 0.647. The average molecular weight is 264 g/mol. The Labute approximate surface area is 89.1 Å². The van der Waals surface area contributed by atoms with E-state index in [1.807, 2.05) is 6.20 Å². The van der Waals surface area contributed by atoms with Gasteiger partial charge in [-0.15, -0.1) is 11.3 Å². The molecule has 0 radical (unpaired) electrons. The van der Waals surface area contributed by atoms with E-state index < -0.39 is 0 Å². The summed E-state index contributed by atoms with van der Waals surface area (Å²) in [6.45, 7) is 0. The van der Waals surface area contributed by atoms with Gasteiger partial charge in [-0.1, -0.05) is 0 Å². The minimum Gasteiger partial charge on any atom is -0.237 e. The molecule has 1 fully saturated rings. The number of hydrogen-bond donors (Lipinski definition) is 0. The molecule has 1 nitrogen and oxygen atoms in total. The van der Waals surface area contributed by atoms with E-state index in [4.69, 9.17) is 0 Å². The molecule has 0 N–H and O–H groups in total. The quantitative estimate of drug-likeness (QED) is 0.769. The first kappa shape index (κ1) is 9.03. The molecule has 2 rings (SSSR count). The molecule has 0 aromatic carbocycles. The Bertz CT molecular complexity index is 255. The monoisotopic (exact) mass is 263 g/mol. The summed E-state index contributed by atoms with van der Waals surface area (Å²) in [6.07, 6.45) is 4.69. The first-order valence-corrected chi connectivity index (χ1v) is 6.81. The van der Waals surface area contributed by atoms with E-state index in [0.29, 0.717) is 0 Å². The molecule has 0 amide bonds. The Morgan fingerprint density at radius 1 is 1.42 bits per heavy atom. The molecule has 0 atom stereocenters. The standard InChI is InChI=1S/C8H10BrNS2/c9-8-10-5-7(12-8)6-1-3-11-4-2-6/h5-6H,1-4H2. The highest BCUT2D eigenvalue weighted by Crippen LogP contribution is 2.35. The van der Waals surface area contributed by atoms with Crippen LogP contribution in [0, 0.1) is 0 Å². The van der Waals surface area contributed by atoms with Gasteiger partial charge in [0.05, 0.1) is 0 Å². The highest BCUT2D eigenvalue weighted by atomic mass is 79.9. The summed E-state index contributed by atoms with van der Waals surface area (Å²) >= 11 is 7.26. The van der Waals surface area contributed by atoms with E-state index in [1.54, 1.807) is 11.3 Å². The van der Waals surface area contributed by atoms with Gasteiger partial charge in [0.2, 0.25) is 0 Å². The zero-order chi connectivity index (χ0) is 8.39. The molecule has 0 saturated carbocycles. The van der Waals surface area contributed by atoms with Crippen molar-refractivity contribution in [1.82, 2.24) is 4.98 Å². The molecular formula is C8H10BrNS2. The van der Waals surface area contributed by atoms with Crippen LogP contribution in [0.25, 0.3) is 0 Å². The molecule has 0 aliphatic carbocycles. The first-order chi connectivity index (χ1) is 5.86. The number of nitrogens with zero attached hydrogens (tertiary/aromatic N) is 1. The molecule has 1 aromatic rings. The minimum absolute atomic E-state index is 0.787. The van der Waals surface area contributed by atoms with E-state index in [1.165, 1.54) is 29.2 Å². The fourth-order valence-corrected chi connectivity index (χ4v) is 4.01. The van der Waals surface area contributed by atoms with Crippen molar-refractivity contribution < 1.29 is 0 Å². The van der Waals surface area contributed by atoms with E-state index in [0.717, 1.165) is 9.83 Å². The SMILES string of the molecule is Brc1ncc(C2CCSCC2)s1. The second-order valence-corrected chi connectivity index (χ2v) is 6.47. The molecule has 1 saturated heterocycles. The van der Waals surface area contributed by atoms with Crippen molar-refractivity contribution in [3.8, 4) is 0 Å². The third kappa shape index (κ3) is 2.03. The van der Waals surface area contributed by atoms with Gasteiger partial charge in [0.1, 0.15) is 0 Å². The summed E-state index contributed by atoms with van der Waals surface area (Å²) in [4.78, 5) is 5.68. The van der Waals surface area contributed by atoms with E-state index in [-0.39, 0.29) is 0 Å². The predicted molar refractivity (Wildman–Crippen MR) is 59.1 cm³/mol. The maximum Gasteiger partial charge on any atom is 0.159 e. The number of halogens is 1. The number of rotatable bonds is 1. The smallest absolute Gasteiger partial charge is 0.159 e. The van der Waals surface area contributed by atoms with Gasteiger partial charge in [-0.2, -0.15) is 11.8 Å². The average Bonchev–Trinajstić information content (AvgIpc) is 2.54. The first-order valence-electron chi connectivity index (χ1n) is 4.05. The van der Waals surface area contributed by atoms with Gasteiger partial charge in [0.15, 0.2) is 3.92 Å². The van der Waals surface area contributed by atoms with E-state index in [9.17, 15) is 0 Å². The van der Waals surface area contributed by atoms with Crippen molar-refractivity contribution in [2.45, 2.75) is 18.8 Å². The summed E-state index contributed by atoms with van der Waals surface area (Å²) in [6, 6.07) is 0. The molecule has 1 aromatic heterocycles. The molecule has 0 spiro atoms. The lowest BCUT2D eigenvalue weighted by Crippen LogP contribution is -2.05. The highest BCUT2D eigenvalue weighted by Gasteiger charge is 2.17. The zero-order valence-electron chi connectivity index (χ0n) is 6.62. The number of thioether (sulfide) groups is 1. The Kier molecular flexibility index (Phi) is 3.10. The van der Waals surface area contributed by atoms with Gasteiger partial charge in [-0.05, 0) is 46.2 Å². The topological polar surface area (TPSA) is 12.9 Å². The van der Waals surface area contributed by atoms with Crippen LogP contribution < -0.4 is 0 Å². The second-order valence-electron chi connectivity index (χ2n) is 2.90. The Hall–Kier alpha value is 0.460. The van der Waals surface area contributed by atoms with E-state index in [2.05, 4.69) is 32.7 Å².